The quantitative estimate of drug-likeness (QED) is 0.392. The molecular formula is C6H14O8P2. The van der Waals surface area contributed by atoms with Crippen molar-refractivity contribution in [1.82, 2.24) is 0 Å². The average Bonchev–Trinajstić information content (AvgIpc) is 1.99. The average molecular weight is 276 g/mol. The first-order valence-corrected chi connectivity index (χ1v) is 7.71. The van der Waals surface area contributed by atoms with Crippen molar-refractivity contribution >= 4 is 21.2 Å². The van der Waals surface area contributed by atoms with Crippen LogP contribution in [0.3, 0.4) is 0 Å². The Morgan fingerprint density at radius 2 is 1.62 bits per heavy atom. The Morgan fingerprint density at radius 1 is 1.19 bits per heavy atom. The molecule has 0 heterocycles. The molecule has 0 aliphatic heterocycles. The molecule has 0 bridgehead atoms. The van der Waals surface area contributed by atoms with E-state index < -0.39 is 39.4 Å². The van der Waals surface area contributed by atoms with Gasteiger partial charge in [-0.05, 0) is 13.3 Å². The predicted molar refractivity (Wildman–Crippen MR) is 53.7 cm³/mol. The van der Waals surface area contributed by atoms with Crippen LogP contribution in [-0.4, -0.2) is 37.5 Å². The monoisotopic (exact) mass is 276 g/mol. The maximum absolute atomic E-state index is 10.9. The summed E-state index contributed by atoms with van der Waals surface area (Å²) in [4.78, 5) is 45.8. The molecule has 0 atom stereocenters. The summed E-state index contributed by atoms with van der Waals surface area (Å²) in [6.07, 6.45) is -1.07. The summed E-state index contributed by atoms with van der Waals surface area (Å²) in [6, 6.07) is 0. The van der Waals surface area contributed by atoms with E-state index in [1.165, 1.54) is 0 Å². The van der Waals surface area contributed by atoms with Gasteiger partial charge in [-0.1, -0.05) is 0 Å². The molecule has 0 aromatic carbocycles. The minimum Gasteiger partial charge on any atom is -0.466 e. The first-order chi connectivity index (χ1) is 7.09. The number of hydrogen-bond donors (Lipinski definition) is 4. The van der Waals surface area contributed by atoms with Gasteiger partial charge in [-0.3, -0.25) is 13.9 Å². The van der Waals surface area contributed by atoms with Crippen molar-refractivity contribution in [1.29, 1.82) is 0 Å². The highest BCUT2D eigenvalue weighted by atomic mass is 31.2. The van der Waals surface area contributed by atoms with E-state index in [2.05, 4.69) is 4.74 Å². The molecule has 0 spiro atoms. The molecule has 0 fully saturated rings. The predicted octanol–water partition coefficient (Wildman–Crippen LogP) is 0.0112. The highest BCUT2D eigenvalue weighted by Gasteiger charge is 2.43. The van der Waals surface area contributed by atoms with E-state index in [1.807, 2.05) is 0 Å². The Bertz CT molecular complexity index is 305. The molecule has 96 valence electrons. The van der Waals surface area contributed by atoms with Crippen LogP contribution in [0.1, 0.15) is 19.8 Å². The van der Waals surface area contributed by atoms with Crippen molar-refractivity contribution in [2.24, 2.45) is 0 Å². The Hall–Kier alpha value is -0.230. The molecule has 0 saturated heterocycles. The standard InChI is InChI=1S/C6H14O8P2/c1-2-14-5(7)3-4-6(15(8,9)10)16(11,12)13/h6H,2-4H2,1H3,(H2,8,9,10)(H2,11,12,13). The van der Waals surface area contributed by atoms with E-state index >= 15 is 0 Å². The SMILES string of the molecule is CCOC(=O)CCC(P(=O)(O)O)P(=O)(O)O. The van der Waals surface area contributed by atoms with Gasteiger partial charge < -0.3 is 24.3 Å². The fourth-order valence-corrected chi connectivity index (χ4v) is 3.51. The topological polar surface area (TPSA) is 141 Å². The van der Waals surface area contributed by atoms with Crippen LogP contribution in [-0.2, 0) is 18.7 Å². The Morgan fingerprint density at radius 3 is 1.94 bits per heavy atom. The molecule has 8 nitrogen and oxygen atoms in total. The molecule has 10 heteroatoms. The molecular weight excluding hydrogens is 262 g/mol. The van der Waals surface area contributed by atoms with Crippen LogP contribution >= 0.6 is 15.2 Å². The van der Waals surface area contributed by atoms with Gasteiger partial charge in [-0.25, -0.2) is 0 Å². The van der Waals surface area contributed by atoms with Gasteiger partial charge in [0.2, 0.25) is 0 Å². The van der Waals surface area contributed by atoms with Gasteiger partial charge >= 0.3 is 21.2 Å². The molecule has 4 N–H and O–H groups in total. The van der Waals surface area contributed by atoms with Gasteiger partial charge in [0.1, 0.15) is 0 Å². The number of carbonyl (C=O) groups is 1. The largest absolute Gasteiger partial charge is 0.466 e. The van der Waals surface area contributed by atoms with Crippen molar-refractivity contribution in [2.45, 2.75) is 25.2 Å². The van der Waals surface area contributed by atoms with Gasteiger partial charge in [0.25, 0.3) is 0 Å². The van der Waals surface area contributed by atoms with E-state index in [0.29, 0.717) is 0 Å². The Labute approximate surface area is 91.9 Å². The van der Waals surface area contributed by atoms with Crippen molar-refractivity contribution < 1.29 is 38.2 Å². The summed E-state index contributed by atoms with van der Waals surface area (Å²) < 4.78 is 26.1. The molecule has 0 aliphatic rings. The van der Waals surface area contributed by atoms with Crippen LogP contribution in [0.15, 0.2) is 0 Å². The van der Waals surface area contributed by atoms with Crippen molar-refractivity contribution in [3.8, 4) is 0 Å². The van der Waals surface area contributed by atoms with E-state index in [1.54, 1.807) is 6.92 Å². The summed E-state index contributed by atoms with van der Waals surface area (Å²) in [7, 11) is -9.89. The Balaban J connectivity index is 4.55. The van der Waals surface area contributed by atoms with Gasteiger partial charge in [-0.15, -0.1) is 0 Å². The molecule has 0 radical (unpaired) electrons. The molecule has 0 aromatic rings. The smallest absolute Gasteiger partial charge is 0.340 e. The number of rotatable bonds is 6. The summed E-state index contributed by atoms with van der Waals surface area (Å²) in [5.41, 5.74) is 0. The lowest BCUT2D eigenvalue weighted by molar-refractivity contribution is -0.143. The minimum atomic E-state index is -4.94. The van der Waals surface area contributed by atoms with E-state index in [-0.39, 0.29) is 6.61 Å². The first-order valence-electron chi connectivity index (χ1n) is 4.35. The lowest BCUT2D eigenvalue weighted by Gasteiger charge is -2.18. The third kappa shape index (κ3) is 5.75. The number of ether oxygens (including phenoxy) is 1. The highest BCUT2D eigenvalue weighted by molar-refractivity contribution is 7.70. The molecule has 0 rings (SSSR count). The Kier molecular flexibility index (Phi) is 5.82. The maximum atomic E-state index is 10.9. The molecule has 0 aromatic heterocycles. The summed E-state index contributed by atoms with van der Waals surface area (Å²) in [6.45, 7) is 1.64. The zero-order valence-electron chi connectivity index (χ0n) is 8.51. The summed E-state index contributed by atoms with van der Waals surface area (Å²) >= 11 is 0. The van der Waals surface area contributed by atoms with Crippen LogP contribution in [0.25, 0.3) is 0 Å². The molecule has 16 heavy (non-hydrogen) atoms. The normalized spacial score (nSPS) is 12.9. The minimum absolute atomic E-state index is 0.0926. The third-order valence-electron chi connectivity index (χ3n) is 1.69. The molecule has 0 aliphatic carbocycles. The molecule has 0 amide bonds. The van der Waals surface area contributed by atoms with Crippen LogP contribution in [0, 0.1) is 0 Å². The van der Waals surface area contributed by atoms with E-state index in [4.69, 9.17) is 19.6 Å². The second kappa shape index (κ2) is 5.91. The van der Waals surface area contributed by atoms with Crippen LogP contribution < -0.4 is 0 Å². The van der Waals surface area contributed by atoms with Crippen LogP contribution in [0.4, 0.5) is 0 Å². The zero-order valence-corrected chi connectivity index (χ0v) is 10.3. The van der Waals surface area contributed by atoms with Crippen molar-refractivity contribution in [2.75, 3.05) is 6.61 Å². The second-order valence-electron chi connectivity index (χ2n) is 3.00. The highest BCUT2D eigenvalue weighted by Crippen LogP contribution is 2.61. The molecule has 0 saturated carbocycles. The lowest BCUT2D eigenvalue weighted by atomic mass is 10.3. The first kappa shape index (κ1) is 15.8. The van der Waals surface area contributed by atoms with E-state index in [0.717, 1.165) is 0 Å². The summed E-state index contributed by atoms with van der Waals surface area (Å²) in [5, 5.41) is -2.15. The maximum Gasteiger partial charge on any atom is 0.340 e. The second-order valence-corrected chi connectivity index (χ2v) is 7.01. The van der Waals surface area contributed by atoms with Gasteiger partial charge in [-0.2, -0.15) is 0 Å². The van der Waals surface area contributed by atoms with Crippen molar-refractivity contribution in [3.63, 3.8) is 0 Å². The lowest BCUT2D eigenvalue weighted by Crippen LogP contribution is -2.13. The van der Waals surface area contributed by atoms with E-state index in [9.17, 15) is 13.9 Å². The number of carbonyl (C=O) groups excluding carboxylic acids is 1. The fourth-order valence-electron chi connectivity index (χ4n) is 1.01. The zero-order chi connectivity index (χ0) is 13.0. The number of esters is 1. The number of hydrogen-bond acceptors (Lipinski definition) is 4. The molecule has 0 unspecified atom stereocenters. The summed E-state index contributed by atoms with van der Waals surface area (Å²) in [5.74, 6) is -0.755. The van der Waals surface area contributed by atoms with Crippen LogP contribution in [0.5, 0.6) is 0 Å². The van der Waals surface area contributed by atoms with Crippen molar-refractivity contribution in [3.05, 3.63) is 0 Å². The van der Waals surface area contributed by atoms with Gasteiger partial charge in [0.15, 0.2) is 5.40 Å². The fraction of sp³-hybridized carbons (Fsp3) is 0.833. The van der Waals surface area contributed by atoms with Crippen LogP contribution in [0.2, 0.25) is 0 Å². The van der Waals surface area contributed by atoms with Gasteiger partial charge in [0, 0.05) is 6.42 Å². The van der Waals surface area contributed by atoms with Gasteiger partial charge in [0.05, 0.1) is 6.61 Å². The third-order valence-corrected chi connectivity index (χ3v) is 5.56.